The van der Waals surface area contributed by atoms with E-state index < -0.39 is 0 Å². The van der Waals surface area contributed by atoms with Crippen molar-refractivity contribution in [3.05, 3.63) is 33.6 Å². The standard InChI is InChI=1S/C19H26ClN3O2S/c1-5-14(6-2)21-17(24)11-26-19-22-16-9-13(20)7-8-15(16)18(25)23(19)10-12(3)4/h7-9,12,14H,5-6,10-11H2,1-4H3,(H,21,24). The summed E-state index contributed by atoms with van der Waals surface area (Å²) in [5.74, 6) is 0.477. The molecular weight excluding hydrogens is 370 g/mol. The van der Waals surface area contributed by atoms with Crippen LogP contribution in [0, 0.1) is 5.92 Å². The number of halogens is 1. The van der Waals surface area contributed by atoms with Crippen molar-refractivity contribution in [1.29, 1.82) is 0 Å². The molecule has 0 aliphatic rings. The van der Waals surface area contributed by atoms with Gasteiger partial charge in [0.25, 0.3) is 5.56 Å². The van der Waals surface area contributed by atoms with Crippen LogP contribution in [-0.4, -0.2) is 27.3 Å². The third kappa shape index (κ3) is 5.24. The fraction of sp³-hybridized carbons (Fsp3) is 0.526. The second kappa shape index (κ2) is 9.42. The Balaban J connectivity index is 2.32. The maximum Gasteiger partial charge on any atom is 0.262 e. The van der Waals surface area contributed by atoms with Gasteiger partial charge in [-0.1, -0.05) is 51.1 Å². The number of carbonyl (C=O) groups excluding carboxylic acids is 1. The van der Waals surface area contributed by atoms with Crippen LogP contribution in [0.15, 0.2) is 28.2 Å². The van der Waals surface area contributed by atoms with Crippen molar-refractivity contribution in [2.45, 2.75) is 58.3 Å². The summed E-state index contributed by atoms with van der Waals surface area (Å²) in [5.41, 5.74) is 0.466. The van der Waals surface area contributed by atoms with Crippen LogP contribution in [-0.2, 0) is 11.3 Å². The number of nitrogens with one attached hydrogen (secondary N) is 1. The van der Waals surface area contributed by atoms with Gasteiger partial charge in [-0.15, -0.1) is 0 Å². The molecule has 0 fully saturated rings. The molecule has 1 amide bonds. The molecule has 1 heterocycles. The Hall–Kier alpha value is -1.53. The molecule has 7 heteroatoms. The quantitative estimate of drug-likeness (QED) is 0.539. The molecule has 0 saturated heterocycles. The van der Waals surface area contributed by atoms with Crippen molar-refractivity contribution in [1.82, 2.24) is 14.9 Å². The SMILES string of the molecule is CCC(CC)NC(=O)CSc1nc2cc(Cl)ccc2c(=O)n1CC(C)C. The molecule has 0 atom stereocenters. The third-order valence-electron chi connectivity index (χ3n) is 4.11. The number of hydrogen-bond acceptors (Lipinski definition) is 4. The van der Waals surface area contributed by atoms with Crippen molar-refractivity contribution < 1.29 is 4.79 Å². The molecule has 0 spiro atoms. The predicted molar refractivity (Wildman–Crippen MR) is 109 cm³/mol. The van der Waals surface area contributed by atoms with E-state index in [0.29, 0.717) is 27.6 Å². The maximum atomic E-state index is 12.9. The smallest absolute Gasteiger partial charge is 0.262 e. The lowest BCUT2D eigenvalue weighted by Gasteiger charge is -2.16. The second-order valence-corrected chi connectivity index (χ2v) is 8.11. The molecule has 0 aliphatic carbocycles. The van der Waals surface area contributed by atoms with Gasteiger partial charge in [0.2, 0.25) is 5.91 Å². The van der Waals surface area contributed by atoms with Gasteiger partial charge < -0.3 is 5.32 Å². The lowest BCUT2D eigenvalue weighted by Crippen LogP contribution is -2.35. The summed E-state index contributed by atoms with van der Waals surface area (Å²) in [7, 11) is 0. The first-order valence-electron chi connectivity index (χ1n) is 8.97. The Morgan fingerprint density at radius 2 is 2.00 bits per heavy atom. The molecule has 26 heavy (non-hydrogen) atoms. The first-order valence-corrected chi connectivity index (χ1v) is 10.3. The second-order valence-electron chi connectivity index (χ2n) is 6.74. The van der Waals surface area contributed by atoms with E-state index in [9.17, 15) is 9.59 Å². The molecule has 5 nitrogen and oxygen atoms in total. The van der Waals surface area contributed by atoms with E-state index in [-0.39, 0.29) is 29.2 Å². The van der Waals surface area contributed by atoms with Crippen LogP contribution in [0.2, 0.25) is 5.02 Å². The van der Waals surface area contributed by atoms with E-state index in [0.717, 1.165) is 12.8 Å². The first kappa shape index (κ1) is 20.8. The van der Waals surface area contributed by atoms with Crippen molar-refractivity contribution in [3.8, 4) is 0 Å². The molecule has 1 aromatic heterocycles. The van der Waals surface area contributed by atoms with E-state index in [1.54, 1.807) is 22.8 Å². The van der Waals surface area contributed by atoms with E-state index in [4.69, 9.17) is 11.6 Å². The highest BCUT2D eigenvalue weighted by Gasteiger charge is 2.15. The minimum atomic E-state index is -0.0942. The van der Waals surface area contributed by atoms with E-state index in [1.807, 2.05) is 13.8 Å². The van der Waals surface area contributed by atoms with Crippen LogP contribution in [0.4, 0.5) is 0 Å². The average Bonchev–Trinajstić information content (AvgIpc) is 2.60. The van der Waals surface area contributed by atoms with Gasteiger partial charge >= 0.3 is 0 Å². The molecule has 0 unspecified atom stereocenters. The van der Waals surface area contributed by atoms with Crippen molar-refractivity contribution in [3.63, 3.8) is 0 Å². The molecular formula is C19H26ClN3O2S. The van der Waals surface area contributed by atoms with Crippen molar-refractivity contribution >= 4 is 40.2 Å². The number of aromatic nitrogens is 2. The number of thioether (sulfide) groups is 1. The molecule has 0 aliphatic heterocycles. The van der Waals surface area contributed by atoms with E-state index in [1.165, 1.54) is 11.8 Å². The van der Waals surface area contributed by atoms with Gasteiger partial charge in [-0.25, -0.2) is 4.98 Å². The molecule has 0 saturated carbocycles. The summed E-state index contributed by atoms with van der Waals surface area (Å²) in [6, 6.07) is 5.27. The molecule has 2 rings (SSSR count). The van der Waals surface area contributed by atoms with Crippen LogP contribution in [0.5, 0.6) is 0 Å². The number of benzene rings is 1. The van der Waals surface area contributed by atoms with Gasteiger partial charge in [0.1, 0.15) is 0 Å². The minimum Gasteiger partial charge on any atom is -0.353 e. The lowest BCUT2D eigenvalue weighted by molar-refractivity contribution is -0.119. The van der Waals surface area contributed by atoms with Gasteiger partial charge in [-0.2, -0.15) is 0 Å². The predicted octanol–water partition coefficient (Wildman–Crippen LogP) is 4.10. The maximum absolute atomic E-state index is 12.9. The highest BCUT2D eigenvalue weighted by molar-refractivity contribution is 7.99. The van der Waals surface area contributed by atoms with Crippen molar-refractivity contribution in [2.24, 2.45) is 5.92 Å². The zero-order chi connectivity index (χ0) is 19.3. The zero-order valence-electron chi connectivity index (χ0n) is 15.7. The fourth-order valence-electron chi connectivity index (χ4n) is 2.70. The Labute approximate surface area is 163 Å². The van der Waals surface area contributed by atoms with E-state index >= 15 is 0 Å². The van der Waals surface area contributed by atoms with Gasteiger partial charge in [-0.05, 0) is 37.0 Å². The van der Waals surface area contributed by atoms with Crippen LogP contribution in [0.25, 0.3) is 10.9 Å². The summed E-state index contributed by atoms with van der Waals surface area (Å²) in [5, 5.41) is 4.64. The fourth-order valence-corrected chi connectivity index (χ4v) is 3.69. The first-order chi connectivity index (χ1) is 12.3. The number of carbonyl (C=O) groups is 1. The van der Waals surface area contributed by atoms with Crippen LogP contribution in [0.3, 0.4) is 0 Å². The summed E-state index contributed by atoms with van der Waals surface area (Å²) >= 11 is 7.34. The molecule has 0 radical (unpaired) electrons. The topological polar surface area (TPSA) is 64.0 Å². The number of hydrogen-bond donors (Lipinski definition) is 1. The monoisotopic (exact) mass is 395 g/mol. The van der Waals surface area contributed by atoms with Gasteiger partial charge in [0, 0.05) is 17.6 Å². The van der Waals surface area contributed by atoms with Gasteiger partial charge in [0.15, 0.2) is 5.16 Å². The molecule has 142 valence electrons. The molecule has 1 aromatic carbocycles. The molecule has 2 aromatic rings. The largest absolute Gasteiger partial charge is 0.353 e. The Morgan fingerprint density at radius 1 is 1.31 bits per heavy atom. The summed E-state index contributed by atoms with van der Waals surface area (Å²) < 4.78 is 1.66. The average molecular weight is 396 g/mol. The van der Waals surface area contributed by atoms with Crippen LogP contribution in [0.1, 0.15) is 40.5 Å². The Morgan fingerprint density at radius 3 is 2.62 bits per heavy atom. The number of nitrogens with zero attached hydrogens (tertiary/aromatic N) is 2. The minimum absolute atomic E-state index is 0.0414. The Bertz CT molecular complexity index is 831. The summed E-state index contributed by atoms with van der Waals surface area (Å²) in [4.78, 5) is 29.7. The van der Waals surface area contributed by atoms with Gasteiger partial charge in [-0.3, -0.25) is 14.2 Å². The lowest BCUT2D eigenvalue weighted by atomic mass is 10.2. The summed E-state index contributed by atoms with van der Waals surface area (Å²) in [6.07, 6.45) is 1.80. The third-order valence-corrected chi connectivity index (χ3v) is 5.32. The zero-order valence-corrected chi connectivity index (χ0v) is 17.3. The van der Waals surface area contributed by atoms with E-state index in [2.05, 4.69) is 24.1 Å². The molecule has 1 N–H and O–H groups in total. The normalized spacial score (nSPS) is 11.5. The van der Waals surface area contributed by atoms with Crippen molar-refractivity contribution in [2.75, 3.05) is 5.75 Å². The highest BCUT2D eigenvalue weighted by Crippen LogP contribution is 2.21. The summed E-state index contributed by atoms with van der Waals surface area (Å²) in [6.45, 7) is 8.76. The number of rotatable bonds is 8. The number of fused-ring (bicyclic) bond motifs is 1. The highest BCUT2D eigenvalue weighted by atomic mass is 35.5. The molecule has 0 bridgehead atoms. The van der Waals surface area contributed by atoms with Crippen LogP contribution >= 0.6 is 23.4 Å². The van der Waals surface area contributed by atoms with Crippen LogP contribution < -0.4 is 10.9 Å². The van der Waals surface area contributed by atoms with Gasteiger partial charge in [0.05, 0.1) is 16.7 Å². The Kier molecular flexibility index (Phi) is 7.53. The number of amides is 1.